The summed E-state index contributed by atoms with van der Waals surface area (Å²) in [5.74, 6) is 0. The standard InChI is InChI=1S/K.H2O.O.W.H/h;1H2;;;/q+1;;;;-1. The van der Waals surface area contributed by atoms with E-state index in [9.17, 15) is 0 Å². The van der Waals surface area contributed by atoms with Crippen molar-refractivity contribution < 1.29 is 81.5 Å². The van der Waals surface area contributed by atoms with Crippen LogP contribution in [0.5, 0.6) is 0 Å². The molecular weight excluding hydrogens is 255 g/mol. The third-order valence-electron chi connectivity index (χ3n) is 0. The van der Waals surface area contributed by atoms with Crippen molar-refractivity contribution >= 4 is 0 Å². The summed E-state index contributed by atoms with van der Waals surface area (Å²) in [7, 11) is 0. The van der Waals surface area contributed by atoms with E-state index in [0.717, 1.165) is 0 Å². The predicted molar refractivity (Wildman–Crippen MR) is 5.41 cm³/mol. The predicted octanol–water partition coefficient (Wildman–Crippen LogP) is -3.83. The Balaban J connectivity index is -0.00000000167. The van der Waals surface area contributed by atoms with E-state index < -0.39 is 0 Å². The number of hydrogen-bond acceptors (Lipinski definition) is 1. The SMILES string of the molecule is O.[H-].[K+].[O]=[W]. The Labute approximate surface area is 79.8 Å². The molecule has 0 spiro atoms. The van der Waals surface area contributed by atoms with Gasteiger partial charge in [0.1, 0.15) is 0 Å². The van der Waals surface area contributed by atoms with E-state index in [1.165, 1.54) is 0 Å². The molecule has 0 saturated carbocycles. The first-order valence-electron chi connectivity index (χ1n) is 0.167. The summed E-state index contributed by atoms with van der Waals surface area (Å²) >= 11 is 0.333. The molecule has 0 radical (unpaired) electrons. The topological polar surface area (TPSA) is 48.6 Å². The van der Waals surface area contributed by atoms with Gasteiger partial charge in [0.05, 0.1) is 0 Å². The first kappa shape index (κ1) is 16.5. The summed E-state index contributed by atoms with van der Waals surface area (Å²) in [6.07, 6.45) is 0. The molecular formula is H3KO2W. The van der Waals surface area contributed by atoms with Crippen LogP contribution in [0, 0.1) is 0 Å². The van der Waals surface area contributed by atoms with Gasteiger partial charge in [-0.1, -0.05) is 0 Å². The number of rotatable bonds is 0. The molecule has 2 nitrogen and oxygen atoms in total. The van der Waals surface area contributed by atoms with E-state index >= 15 is 0 Å². The van der Waals surface area contributed by atoms with E-state index in [1.54, 1.807) is 0 Å². The average molecular weight is 258 g/mol. The van der Waals surface area contributed by atoms with Gasteiger partial charge >= 0.3 is 74.6 Å². The summed E-state index contributed by atoms with van der Waals surface area (Å²) < 4.78 is 8.33. The van der Waals surface area contributed by atoms with Gasteiger partial charge < -0.3 is 6.90 Å². The molecule has 0 aromatic heterocycles. The minimum atomic E-state index is 0. The van der Waals surface area contributed by atoms with Crippen LogP contribution in [0.25, 0.3) is 0 Å². The normalized spacial score (nSPS) is 1.00. The fraction of sp³-hybridized carbons (Fsp3) is 0. The van der Waals surface area contributed by atoms with Gasteiger partial charge in [0, 0.05) is 0 Å². The molecule has 0 aromatic carbocycles. The van der Waals surface area contributed by atoms with Crippen LogP contribution in [0.4, 0.5) is 0 Å². The average Bonchev–Trinajstić information content (AvgIpc) is 1.00. The Bertz CT molecular complexity index is 9.61. The summed E-state index contributed by atoms with van der Waals surface area (Å²) in [5, 5.41) is 0. The fourth-order valence-electron chi connectivity index (χ4n) is 0. The van der Waals surface area contributed by atoms with Crippen LogP contribution in [0.3, 0.4) is 0 Å². The molecule has 0 rings (SSSR count). The molecule has 0 aliphatic carbocycles. The molecule has 4 heavy (non-hydrogen) atoms. The van der Waals surface area contributed by atoms with Gasteiger partial charge in [-0.15, -0.1) is 0 Å². The van der Waals surface area contributed by atoms with E-state index in [4.69, 9.17) is 3.40 Å². The maximum absolute atomic E-state index is 8.33. The van der Waals surface area contributed by atoms with E-state index in [0.29, 0.717) is 19.8 Å². The van der Waals surface area contributed by atoms with Crippen molar-refractivity contribution in [3.63, 3.8) is 0 Å². The van der Waals surface area contributed by atoms with Crippen molar-refractivity contribution in [3.05, 3.63) is 0 Å². The molecule has 0 atom stereocenters. The molecule has 0 heterocycles. The van der Waals surface area contributed by atoms with Crippen molar-refractivity contribution in [1.82, 2.24) is 0 Å². The van der Waals surface area contributed by atoms with Gasteiger partial charge in [0.2, 0.25) is 0 Å². The Morgan fingerprint density at radius 2 is 1.50 bits per heavy atom. The van der Waals surface area contributed by atoms with E-state index in [2.05, 4.69) is 0 Å². The van der Waals surface area contributed by atoms with Crippen LogP contribution >= 0.6 is 0 Å². The molecule has 0 aliphatic rings. The first-order valence-corrected chi connectivity index (χ1v) is 1.36. The van der Waals surface area contributed by atoms with E-state index in [1.807, 2.05) is 0 Å². The zero-order chi connectivity index (χ0) is 2.00. The molecule has 0 aromatic rings. The Morgan fingerprint density at radius 1 is 1.50 bits per heavy atom. The van der Waals surface area contributed by atoms with Crippen molar-refractivity contribution in [2.24, 2.45) is 0 Å². The zero-order valence-corrected chi connectivity index (χ0v) is 8.37. The number of hydrogen-bond donors (Lipinski definition) is 0. The van der Waals surface area contributed by atoms with E-state index in [-0.39, 0.29) is 58.3 Å². The van der Waals surface area contributed by atoms with Crippen molar-refractivity contribution in [2.45, 2.75) is 0 Å². The zero-order valence-electron chi connectivity index (χ0n) is 3.32. The summed E-state index contributed by atoms with van der Waals surface area (Å²) in [6.45, 7) is 0. The molecule has 0 fully saturated rings. The molecule has 0 unspecified atom stereocenters. The summed E-state index contributed by atoms with van der Waals surface area (Å²) in [5.41, 5.74) is 0. The van der Waals surface area contributed by atoms with Gasteiger partial charge in [0.15, 0.2) is 0 Å². The summed E-state index contributed by atoms with van der Waals surface area (Å²) in [4.78, 5) is 0. The van der Waals surface area contributed by atoms with Crippen molar-refractivity contribution in [2.75, 3.05) is 0 Å². The second kappa shape index (κ2) is 19.5. The Hall–Kier alpha value is 2.08. The maximum atomic E-state index is 8.33. The molecule has 2 N–H and O–H groups in total. The van der Waals surface area contributed by atoms with Crippen LogP contribution in [-0.2, 0) is 23.2 Å². The second-order valence-electron chi connectivity index (χ2n) is 0. The monoisotopic (exact) mass is 258 g/mol. The van der Waals surface area contributed by atoms with Crippen LogP contribution in [-0.4, -0.2) is 5.48 Å². The molecule has 22 valence electrons. The molecule has 0 amide bonds. The van der Waals surface area contributed by atoms with Crippen LogP contribution < -0.4 is 51.4 Å². The molecule has 0 saturated heterocycles. The van der Waals surface area contributed by atoms with Gasteiger partial charge in [0.25, 0.3) is 0 Å². The van der Waals surface area contributed by atoms with Crippen molar-refractivity contribution in [1.29, 1.82) is 0 Å². The third kappa shape index (κ3) is 8.94. The van der Waals surface area contributed by atoms with Crippen LogP contribution in [0.1, 0.15) is 1.43 Å². The quantitative estimate of drug-likeness (QED) is 0.411. The molecule has 0 aliphatic heterocycles. The molecule has 0 bridgehead atoms. The molecule has 4 heteroatoms. The van der Waals surface area contributed by atoms with Gasteiger partial charge in [-0.3, -0.25) is 0 Å². The second-order valence-corrected chi connectivity index (χ2v) is 0. The van der Waals surface area contributed by atoms with Gasteiger partial charge in [-0.25, -0.2) is 0 Å². The van der Waals surface area contributed by atoms with Crippen LogP contribution in [0.15, 0.2) is 0 Å². The Kier molecular flexibility index (Phi) is 80.7. The van der Waals surface area contributed by atoms with Crippen LogP contribution in [0.2, 0.25) is 0 Å². The van der Waals surface area contributed by atoms with Gasteiger partial charge in [-0.2, -0.15) is 0 Å². The fourth-order valence-corrected chi connectivity index (χ4v) is 0. The minimum absolute atomic E-state index is 0. The van der Waals surface area contributed by atoms with Gasteiger partial charge in [-0.05, 0) is 0 Å². The third-order valence-corrected chi connectivity index (χ3v) is 0. The first-order chi connectivity index (χ1) is 1.00. The van der Waals surface area contributed by atoms with Crippen molar-refractivity contribution in [3.8, 4) is 0 Å². The summed E-state index contributed by atoms with van der Waals surface area (Å²) in [6, 6.07) is 0. The Morgan fingerprint density at radius 3 is 1.50 bits per heavy atom.